The Bertz CT molecular complexity index is 915. The van der Waals surface area contributed by atoms with Gasteiger partial charge in [0.1, 0.15) is 5.82 Å². The Balaban J connectivity index is 1.32. The number of aromatic amines is 1. The first-order valence-corrected chi connectivity index (χ1v) is 9.44. The van der Waals surface area contributed by atoms with E-state index in [-0.39, 0.29) is 5.91 Å². The minimum absolute atomic E-state index is 0.0326. The number of carbonyl (C=O) groups excluding carboxylic acids is 1. The monoisotopic (exact) mass is 356 g/mol. The van der Waals surface area contributed by atoms with Gasteiger partial charge in [0.05, 0.1) is 23.3 Å². The van der Waals surface area contributed by atoms with Crippen molar-refractivity contribution >= 4 is 28.7 Å². The number of carbonyl (C=O) groups is 1. The van der Waals surface area contributed by atoms with Gasteiger partial charge in [-0.15, -0.1) is 10.2 Å². The number of nitrogens with zero attached hydrogens (tertiary/aromatic N) is 4. The van der Waals surface area contributed by atoms with Crippen LogP contribution in [0.3, 0.4) is 0 Å². The van der Waals surface area contributed by atoms with Crippen molar-refractivity contribution in [1.29, 1.82) is 0 Å². The van der Waals surface area contributed by atoms with E-state index in [2.05, 4.69) is 36.1 Å². The Morgan fingerprint density at radius 3 is 3.20 bits per heavy atom. The number of H-pyrrole nitrogens is 1. The van der Waals surface area contributed by atoms with Crippen molar-refractivity contribution in [3.05, 3.63) is 35.4 Å². The molecular formula is C17H20N6OS. The Morgan fingerprint density at radius 1 is 1.36 bits per heavy atom. The number of aryl methyl sites for hydroxylation is 2. The first-order valence-electron chi connectivity index (χ1n) is 8.46. The number of thioether (sulfide) groups is 1. The lowest BCUT2D eigenvalue weighted by Crippen LogP contribution is -2.27. The van der Waals surface area contributed by atoms with Crippen molar-refractivity contribution in [2.75, 3.05) is 5.75 Å². The molecule has 0 fully saturated rings. The van der Waals surface area contributed by atoms with Gasteiger partial charge in [-0.2, -0.15) is 0 Å². The van der Waals surface area contributed by atoms with Crippen LogP contribution in [0, 0.1) is 6.92 Å². The molecule has 3 heterocycles. The first kappa shape index (κ1) is 16.1. The van der Waals surface area contributed by atoms with Crippen LogP contribution >= 0.6 is 11.8 Å². The molecule has 2 aromatic heterocycles. The zero-order valence-corrected chi connectivity index (χ0v) is 14.9. The van der Waals surface area contributed by atoms with Crippen molar-refractivity contribution in [3.63, 3.8) is 0 Å². The van der Waals surface area contributed by atoms with E-state index < -0.39 is 0 Å². The van der Waals surface area contributed by atoms with Gasteiger partial charge in [0, 0.05) is 13.0 Å². The van der Waals surface area contributed by atoms with Gasteiger partial charge in [0.15, 0.2) is 11.0 Å². The predicted molar refractivity (Wildman–Crippen MR) is 96.4 cm³/mol. The number of rotatable bonds is 5. The van der Waals surface area contributed by atoms with Crippen LogP contribution in [0.1, 0.15) is 30.1 Å². The van der Waals surface area contributed by atoms with Crippen molar-refractivity contribution in [2.24, 2.45) is 0 Å². The zero-order chi connectivity index (χ0) is 17.2. The molecular weight excluding hydrogens is 336 g/mol. The van der Waals surface area contributed by atoms with E-state index in [0.717, 1.165) is 53.6 Å². The fourth-order valence-corrected chi connectivity index (χ4v) is 3.75. The Morgan fingerprint density at radius 2 is 2.28 bits per heavy atom. The third-order valence-corrected chi connectivity index (χ3v) is 5.21. The molecule has 0 spiro atoms. The summed E-state index contributed by atoms with van der Waals surface area (Å²) in [6.45, 7) is 3.41. The van der Waals surface area contributed by atoms with Crippen LogP contribution in [0.25, 0.3) is 11.0 Å². The lowest BCUT2D eigenvalue weighted by Gasteiger charge is -2.14. The van der Waals surface area contributed by atoms with Gasteiger partial charge in [-0.3, -0.25) is 4.79 Å². The molecule has 1 aliphatic rings. The smallest absolute Gasteiger partial charge is 0.230 e. The van der Waals surface area contributed by atoms with Gasteiger partial charge in [0.25, 0.3) is 0 Å². The number of amides is 1. The topological polar surface area (TPSA) is 88.5 Å². The van der Waals surface area contributed by atoms with E-state index >= 15 is 0 Å². The van der Waals surface area contributed by atoms with Gasteiger partial charge < -0.3 is 14.9 Å². The van der Waals surface area contributed by atoms with Gasteiger partial charge in [-0.1, -0.05) is 17.8 Å². The van der Waals surface area contributed by atoms with E-state index in [1.54, 1.807) is 0 Å². The average Bonchev–Trinajstić information content (AvgIpc) is 3.21. The van der Waals surface area contributed by atoms with E-state index in [1.807, 2.05) is 19.1 Å². The van der Waals surface area contributed by atoms with E-state index in [0.29, 0.717) is 12.3 Å². The standard InChI is InChI=1S/C17H20N6OS/c1-11-5-6-12-13(8-11)20-17(19-12)25-10-16(24)18-9-15-22-21-14-4-2-3-7-23(14)15/h5-6,8H,2-4,7,9-10H2,1H3,(H,18,24)(H,19,20). The lowest BCUT2D eigenvalue weighted by atomic mass is 10.2. The maximum absolute atomic E-state index is 12.1. The van der Waals surface area contributed by atoms with Crippen LogP contribution < -0.4 is 5.32 Å². The molecule has 0 bridgehead atoms. The highest BCUT2D eigenvalue weighted by Crippen LogP contribution is 2.20. The summed E-state index contributed by atoms with van der Waals surface area (Å²) in [5.74, 6) is 2.16. The number of benzene rings is 1. The Kier molecular flexibility index (Phi) is 4.44. The average molecular weight is 356 g/mol. The van der Waals surface area contributed by atoms with Crippen LogP contribution in [0.5, 0.6) is 0 Å². The number of aromatic nitrogens is 5. The molecule has 25 heavy (non-hydrogen) atoms. The van der Waals surface area contributed by atoms with Crippen molar-refractivity contribution in [3.8, 4) is 0 Å². The summed E-state index contributed by atoms with van der Waals surface area (Å²) in [6, 6.07) is 6.07. The molecule has 3 aromatic rings. The van der Waals surface area contributed by atoms with Crippen LogP contribution in [0.2, 0.25) is 0 Å². The fraction of sp³-hybridized carbons (Fsp3) is 0.412. The summed E-state index contributed by atoms with van der Waals surface area (Å²) in [5.41, 5.74) is 3.10. The summed E-state index contributed by atoms with van der Waals surface area (Å²) in [5, 5.41) is 12.1. The van der Waals surface area contributed by atoms with E-state index in [1.165, 1.54) is 17.3 Å². The van der Waals surface area contributed by atoms with Crippen LogP contribution in [0.15, 0.2) is 23.4 Å². The number of hydrogen-bond acceptors (Lipinski definition) is 5. The third-order valence-electron chi connectivity index (χ3n) is 4.34. The summed E-state index contributed by atoms with van der Waals surface area (Å²) < 4.78 is 2.12. The molecule has 1 aromatic carbocycles. The summed E-state index contributed by atoms with van der Waals surface area (Å²) in [7, 11) is 0. The van der Waals surface area contributed by atoms with Crippen LogP contribution in [-0.4, -0.2) is 36.4 Å². The summed E-state index contributed by atoms with van der Waals surface area (Å²) >= 11 is 1.40. The molecule has 0 saturated carbocycles. The normalized spacial score (nSPS) is 13.8. The maximum Gasteiger partial charge on any atom is 0.230 e. The number of fused-ring (bicyclic) bond motifs is 2. The molecule has 130 valence electrons. The summed E-state index contributed by atoms with van der Waals surface area (Å²) in [6.07, 6.45) is 3.29. The third kappa shape index (κ3) is 3.53. The van der Waals surface area contributed by atoms with Gasteiger partial charge >= 0.3 is 0 Å². The molecule has 1 aliphatic heterocycles. The van der Waals surface area contributed by atoms with Crippen LogP contribution in [0.4, 0.5) is 0 Å². The minimum Gasteiger partial charge on any atom is -0.348 e. The lowest BCUT2D eigenvalue weighted by molar-refractivity contribution is -0.118. The van der Waals surface area contributed by atoms with E-state index in [9.17, 15) is 4.79 Å². The maximum atomic E-state index is 12.1. The second-order valence-electron chi connectivity index (χ2n) is 6.27. The number of imidazole rings is 1. The van der Waals surface area contributed by atoms with Gasteiger partial charge in [0.2, 0.25) is 5.91 Å². The summed E-state index contributed by atoms with van der Waals surface area (Å²) in [4.78, 5) is 19.9. The highest BCUT2D eigenvalue weighted by Gasteiger charge is 2.16. The highest BCUT2D eigenvalue weighted by atomic mass is 32.2. The number of nitrogens with one attached hydrogen (secondary N) is 2. The molecule has 0 saturated heterocycles. The van der Waals surface area contributed by atoms with E-state index in [4.69, 9.17) is 0 Å². The largest absolute Gasteiger partial charge is 0.348 e. The van der Waals surface area contributed by atoms with Crippen molar-refractivity contribution < 1.29 is 4.79 Å². The minimum atomic E-state index is -0.0326. The van der Waals surface area contributed by atoms with Gasteiger partial charge in [-0.05, 0) is 37.5 Å². The molecule has 7 nitrogen and oxygen atoms in total. The van der Waals surface area contributed by atoms with Crippen LogP contribution in [-0.2, 0) is 24.3 Å². The first-order chi connectivity index (χ1) is 12.2. The quantitative estimate of drug-likeness (QED) is 0.684. The molecule has 0 radical (unpaired) electrons. The van der Waals surface area contributed by atoms with Gasteiger partial charge in [-0.25, -0.2) is 4.98 Å². The highest BCUT2D eigenvalue weighted by molar-refractivity contribution is 7.99. The fourth-order valence-electron chi connectivity index (χ4n) is 3.03. The second-order valence-corrected chi connectivity index (χ2v) is 7.23. The molecule has 0 atom stereocenters. The van der Waals surface area contributed by atoms with Crippen molar-refractivity contribution in [1.82, 2.24) is 30.0 Å². The Labute approximate surface area is 149 Å². The zero-order valence-electron chi connectivity index (χ0n) is 14.1. The molecule has 4 rings (SSSR count). The van der Waals surface area contributed by atoms with Crippen molar-refractivity contribution in [2.45, 2.75) is 44.4 Å². The molecule has 8 heteroatoms. The molecule has 2 N–H and O–H groups in total. The SMILES string of the molecule is Cc1ccc2nc(SCC(=O)NCc3nnc4n3CCCC4)[nH]c2c1. The Hall–Kier alpha value is -2.35. The molecule has 0 aliphatic carbocycles. The second kappa shape index (κ2) is 6.87. The predicted octanol–water partition coefficient (Wildman–Crippen LogP) is 2.21. The molecule has 1 amide bonds. The number of hydrogen-bond donors (Lipinski definition) is 2. The molecule has 0 unspecified atom stereocenters.